The summed E-state index contributed by atoms with van der Waals surface area (Å²) in [5.74, 6) is 0.842. The summed E-state index contributed by atoms with van der Waals surface area (Å²) >= 11 is 0. The number of nitrogens with one attached hydrogen (secondary N) is 1. The first-order valence-electron chi connectivity index (χ1n) is 8.89. The van der Waals surface area contributed by atoms with Crippen molar-refractivity contribution >= 4 is 17.0 Å². The maximum Gasteiger partial charge on any atom is 0.207 e. The third kappa shape index (κ3) is 3.11. The molecule has 3 N–H and O–H groups in total. The second kappa shape index (κ2) is 6.52. The average Bonchev–Trinajstić information content (AvgIpc) is 3.45. The number of hydrogen-bond acceptors (Lipinski definition) is 7. The van der Waals surface area contributed by atoms with Gasteiger partial charge in [-0.3, -0.25) is 4.98 Å². The van der Waals surface area contributed by atoms with Gasteiger partial charge >= 0.3 is 0 Å². The zero-order chi connectivity index (χ0) is 19.1. The van der Waals surface area contributed by atoms with E-state index in [0.29, 0.717) is 34.1 Å². The molecule has 0 amide bonds. The smallest absolute Gasteiger partial charge is 0.207 e. The monoisotopic (exact) mass is 377 g/mol. The standard InChI is InChI=1S/C19H16FN7O/c20-13-5-4-12(9-28-15-7-16(21)24-19-18(15)25-27-26-19)23-17(13)11-3-6-14(22-8-11)10-1-2-10/h3-8,10H,1-2,9H2,(H3,21,24,25,26,27). The highest BCUT2D eigenvalue weighted by Crippen LogP contribution is 2.39. The number of hydrogen-bond donors (Lipinski definition) is 2. The molecule has 28 heavy (non-hydrogen) atoms. The van der Waals surface area contributed by atoms with Crippen molar-refractivity contribution in [1.82, 2.24) is 30.4 Å². The Morgan fingerprint density at radius 3 is 2.82 bits per heavy atom. The summed E-state index contributed by atoms with van der Waals surface area (Å²) in [5.41, 5.74) is 9.10. The number of halogens is 1. The van der Waals surface area contributed by atoms with Crippen LogP contribution < -0.4 is 10.5 Å². The van der Waals surface area contributed by atoms with Crippen molar-refractivity contribution in [2.75, 3.05) is 5.73 Å². The maximum atomic E-state index is 14.3. The Kier molecular flexibility index (Phi) is 3.85. The van der Waals surface area contributed by atoms with Crippen LogP contribution in [0.3, 0.4) is 0 Å². The Morgan fingerprint density at radius 1 is 1.14 bits per heavy atom. The third-order valence-electron chi connectivity index (χ3n) is 4.61. The van der Waals surface area contributed by atoms with Crippen LogP contribution in [0.25, 0.3) is 22.4 Å². The third-order valence-corrected chi connectivity index (χ3v) is 4.61. The van der Waals surface area contributed by atoms with Crippen LogP contribution in [0.1, 0.15) is 30.1 Å². The highest BCUT2D eigenvalue weighted by Gasteiger charge is 2.24. The molecular formula is C19H16FN7O. The molecule has 4 aromatic rings. The number of anilines is 1. The fourth-order valence-corrected chi connectivity index (χ4v) is 3.02. The summed E-state index contributed by atoms with van der Waals surface area (Å²) in [6.07, 6.45) is 4.01. The van der Waals surface area contributed by atoms with E-state index in [1.54, 1.807) is 18.3 Å². The largest absolute Gasteiger partial charge is 0.485 e. The molecule has 4 heterocycles. The molecule has 4 aromatic heterocycles. The lowest BCUT2D eigenvalue weighted by atomic mass is 10.1. The summed E-state index contributed by atoms with van der Waals surface area (Å²) in [4.78, 5) is 12.9. The summed E-state index contributed by atoms with van der Waals surface area (Å²) in [7, 11) is 0. The van der Waals surface area contributed by atoms with Gasteiger partial charge in [0.15, 0.2) is 11.3 Å². The van der Waals surface area contributed by atoms with E-state index in [1.165, 1.54) is 18.9 Å². The Bertz CT molecular complexity index is 1150. The molecule has 140 valence electrons. The maximum absolute atomic E-state index is 14.3. The number of ether oxygens (including phenoxy) is 1. The summed E-state index contributed by atoms with van der Waals surface area (Å²) in [6.45, 7) is 0.117. The number of nitrogen functional groups attached to an aromatic ring is 1. The van der Waals surface area contributed by atoms with Gasteiger partial charge in [-0.1, -0.05) is 0 Å². The fraction of sp³-hybridized carbons (Fsp3) is 0.211. The van der Waals surface area contributed by atoms with Gasteiger partial charge in [-0.25, -0.2) is 14.4 Å². The van der Waals surface area contributed by atoms with Crippen LogP contribution in [-0.2, 0) is 6.61 Å². The molecule has 1 aliphatic carbocycles. The van der Waals surface area contributed by atoms with Gasteiger partial charge in [0.25, 0.3) is 0 Å². The van der Waals surface area contributed by atoms with Crippen LogP contribution in [0.4, 0.5) is 10.2 Å². The normalized spacial score (nSPS) is 13.8. The zero-order valence-corrected chi connectivity index (χ0v) is 14.8. The highest BCUT2D eigenvalue weighted by molar-refractivity contribution is 5.78. The second-order valence-corrected chi connectivity index (χ2v) is 6.71. The van der Waals surface area contributed by atoms with Crippen LogP contribution in [0.2, 0.25) is 0 Å². The van der Waals surface area contributed by atoms with E-state index in [-0.39, 0.29) is 18.1 Å². The Morgan fingerprint density at radius 2 is 2.04 bits per heavy atom. The number of aromatic nitrogens is 6. The molecule has 1 saturated carbocycles. The SMILES string of the molecule is Nc1cc(OCc2ccc(F)c(-c3ccc(C4CC4)nc3)n2)c2n[nH]nc2n1. The Hall–Kier alpha value is -3.62. The second-order valence-electron chi connectivity index (χ2n) is 6.71. The number of pyridine rings is 3. The van der Waals surface area contributed by atoms with Crippen molar-refractivity contribution in [3.05, 3.63) is 53.7 Å². The summed E-state index contributed by atoms with van der Waals surface area (Å²) < 4.78 is 20.1. The Balaban J connectivity index is 1.40. The van der Waals surface area contributed by atoms with E-state index in [0.717, 1.165) is 5.69 Å². The quantitative estimate of drug-likeness (QED) is 0.549. The first-order chi connectivity index (χ1) is 13.7. The van der Waals surface area contributed by atoms with Gasteiger partial charge in [-0.2, -0.15) is 10.3 Å². The fourth-order valence-electron chi connectivity index (χ4n) is 3.02. The van der Waals surface area contributed by atoms with Crippen molar-refractivity contribution < 1.29 is 9.13 Å². The van der Waals surface area contributed by atoms with E-state index in [9.17, 15) is 4.39 Å². The lowest BCUT2D eigenvalue weighted by Crippen LogP contribution is -2.03. The van der Waals surface area contributed by atoms with Crippen LogP contribution in [0, 0.1) is 5.82 Å². The molecule has 8 nitrogen and oxygen atoms in total. The van der Waals surface area contributed by atoms with Gasteiger partial charge in [-0.05, 0) is 37.1 Å². The minimum Gasteiger partial charge on any atom is -0.485 e. The van der Waals surface area contributed by atoms with Crippen LogP contribution in [-0.4, -0.2) is 30.4 Å². The highest BCUT2D eigenvalue weighted by atomic mass is 19.1. The van der Waals surface area contributed by atoms with Crippen LogP contribution in [0.5, 0.6) is 5.75 Å². The molecule has 0 unspecified atom stereocenters. The minimum absolute atomic E-state index is 0.117. The zero-order valence-electron chi connectivity index (χ0n) is 14.8. The van der Waals surface area contributed by atoms with Gasteiger partial charge < -0.3 is 10.5 Å². The molecule has 5 rings (SSSR count). The minimum atomic E-state index is -0.406. The van der Waals surface area contributed by atoms with Crippen molar-refractivity contribution in [1.29, 1.82) is 0 Å². The van der Waals surface area contributed by atoms with E-state index in [2.05, 4.69) is 30.4 Å². The molecule has 1 aliphatic rings. The lowest BCUT2D eigenvalue weighted by molar-refractivity contribution is 0.304. The van der Waals surface area contributed by atoms with E-state index in [4.69, 9.17) is 10.5 Å². The first kappa shape index (κ1) is 16.5. The predicted molar refractivity (Wildman–Crippen MR) is 99.8 cm³/mol. The molecule has 0 aliphatic heterocycles. The van der Waals surface area contributed by atoms with E-state index >= 15 is 0 Å². The summed E-state index contributed by atoms with van der Waals surface area (Å²) in [5, 5.41) is 10.4. The van der Waals surface area contributed by atoms with E-state index < -0.39 is 5.82 Å². The number of fused-ring (bicyclic) bond motifs is 1. The van der Waals surface area contributed by atoms with Gasteiger partial charge in [-0.15, -0.1) is 5.10 Å². The van der Waals surface area contributed by atoms with Gasteiger partial charge in [0.2, 0.25) is 5.65 Å². The van der Waals surface area contributed by atoms with Gasteiger partial charge in [0, 0.05) is 29.4 Å². The van der Waals surface area contributed by atoms with Crippen molar-refractivity contribution in [3.8, 4) is 17.0 Å². The topological polar surface area (TPSA) is 115 Å². The van der Waals surface area contributed by atoms with Crippen molar-refractivity contribution in [2.24, 2.45) is 0 Å². The number of H-pyrrole nitrogens is 1. The average molecular weight is 377 g/mol. The molecule has 0 saturated heterocycles. The van der Waals surface area contributed by atoms with Crippen LogP contribution >= 0.6 is 0 Å². The number of nitrogens with two attached hydrogens (primary N) is 1. The summed E-state index contributed by atoms with van der Waals surface area (Å²) in [6, 6.07) is 8.32. The van der Waals surface area contributed by atoms with Crippen molar-refractivity contribution in [2.45, 2.75) is 25.4 Å². The van der Waals surface area contributed by atoms with Crippen LogP contribution in [0.15, 0.2) is 36.5 Å². The van der Waals surface area contributed by atoms with Gasteiger partial charge in [0.1, 0.15) is 23.9 Å². The molecule has 0 bridgehead atoms. The molecule has 0 aromatic carbocycles. The van der Waals surface area contributed by atoms with E-state index in [1.807, 2.05) is 12.1 Å². The Labute approximate surface area is 159 Å². The molecule has 9 heteroatoms. The number of rotatable bonds is 5. The first-order valence-corrected chi connectivity index (χ1v) is 8.89. The predicted octanol–water partition coefficient (Wildman–Crippen LogP) is 2.99. The lowest BCUT2D eigenvalue weighted by Gasteiger charge is -2.09. The molecule has 0 radical (unpaired) electrons. The van der Waals surface area contributed by atoms with Crippen molar-refractivity contribution in [3.63, 3.8) is 0 Å². The molecule has 0 atom stereocenters. The molecular weight excluding hydrogens is 361 g/mol. The molecule has 0 spiro atoms. The van der Waals surface area contributed by atoms with Gasteiger partial charge in [0.05, 0.1) is 5.69 Å². The molecule has 1 fully saturated rings. The number of nitrogens with zero attached hydrogens (tertiary/aromatic N) is 5. The number of aromatic amines is 1.